The smallest absolute Gasteiger partial charge is 0.475 e. The summed E-state index contributed by atoms with van der Waals surface area (Å²) in [7, 11) is 0. The van der Waals surface area contributed by atoms with Crippen molar-refractivity contribution in [3.63, 3.8) is 0 Å². The van der Waals surface area contributed by atoms with Crippen LogP contribution in [0, 0.1) is 5.41 Å². The standard InChI is InChI=1S/C19H25N3S.2C2HF3O2/c1-2-17(12-20-7-1)13-22-10-6-19(16-22)4-8-21(9-5-19)14-18-3-11-23-15-18;2*3-2(4,5)1(6)7/h1-3,7,11-12,15H,4-6,8-10,13-14,16H2;2*(H,6,7). The van der Waals surface area contributed by atoms with Crippen molar-refractivity contribution in [2.75, 3.05) is 26.2 Å². The van der Waals surface area contributed by atoms with Gasteiger partial charge in [0.15, 0.2) is 0 Å². The average Bonchev–Trinajstić information content (AvgIpc) is 3.46. The molecule has 14 heteroatoms. The molecule has 2 N–H and O–H groups in total. The maximum absolute atomic E-state index is 10.6. The number of likely N-dealkylation sites (tertiary alicyclic amines) is 2. The molecule has 206 valence electrons. The van der Waals surface area contributed by atoms with E-state index in [2.05, 4.69) is 37.7 Å². The van der Waals surface area contributed by atoms with Gasteiger partial charge in [0, 0.05) is 32.0 Å². The van der Waals surface area contributed by atoms with Gasteiger partial charge in [0.2, 0.25) is 0 Å². The van der Waals surface area contributed by atoms with Crippen LogP contribution in [0.3, 0.4) is 0 Å². The molecule has 37 heavy (non-hydrogen) atoms. The van der Waals surface area contributed by atoms with Gasteiger partial charge < -0.3 is 10.2 Å². The van der Waals surface area contributed by atoms with Gasteiger partial charge in [0.05, 0.1) is 0 Å². The zero-order chi connectivity index (χ0) is 27.7. The summed E-state index contributed by atoms with van der Waals surface area (Å²) in [6.45, 7) is 7.24. The van der Waals surface area contributed by atoms with Gasteiger partial charge in [0.1, 0.15) is 0 Å². The van der Waals surface area contributed by atoms with Crippen LogP contribution in [-0.2, 0) is 22.7 Å². The molecule has 1 spiro atoms. The molecule has 2 fully saturated rings. The van der Waals surface area contributed by atoms with Crippen LogP contribution in [0.25, 0.3) is 0 Å². The van der Waals surface area contributed by atoms with E-state index in [9.17, 15) is 26.3 Å². The Morgan fingerprint density at radius 2 is 1.41 bits per heavy atom. The van der Waals surface area contributed by atoms with Crippen molar-refractivity contribution >= 4 is 23.3 Å². The normalized spacial score (nSPS) is 17.9. The van der Waals surface area contributed by atoms with Crippen LogP contribution >= 0.6 is 11.3 Å². The number of rotatable bonds is 4. The van der Waals surface area contributed by atoms with Crippen molar-refractivity contribution in [1.82, 2.24) is 14.8 Å². The number of aliphatic carboxylic acids is 2. The lowest BCUT2D eigenvalue weighted by molar-refractivity contribution is -0.193. The number of alkyl halides is 6. The van der Waals surface area contributed by atoms with Crippen LogP contribution in [0.4, 0.5) is 26.3 Å². The molecular formula is C23H27F6N3O4S. The molecule has 0 bridgehead atoms. The molecule has 0 saturated carbocycles. The van der Waals surface area contributed by atoms with Gasteiger partial charge in [-0.25, -0.2) is 9.59 Å². The number of hydrogen-bond acceptors (Lipinski definition) is 6. The summed E-state index contributed by atoms with van der Waals surface area (Å²) in [6.07, 6.45) is -2.20. The van der Waals surface area contributed by atoms with E-state index in [-0.39, 0.29) is 0 Å². The van der Waals surface area contributed by atoms with Crippen molar-refractivity contribution in [2.24, 2.45) is 5.41 Å². The van der Waals surface area contributed by atoms with Gasteiger partial charge >= 0.3 is 24.3 Å². The Bertz CT molecular complexity index is 955. The van der Waals surface area contributed by atoms with E-state index in [4.69, 9.17) is 19.8 Å². The number of carboxylic acids is 2. The minimum absolute atomic E-state index is 0.577. The number of nitrogens with zero attached hydrogens (tertiary/aromatic N) is 3. The van der Waals surface area contributed by atoms with E-state index in [1.165, 1.54) is 56.6 Å². The molecule has 4 heterocycles. The van der Waals surface area contributed by atoms with E-state index < -0.39 is 24.3 Å². The van der Waals surface area contributed by atoms with Crippen molar-refractivity contribution in [2.45, 2.75) is 44.7 Å². The fourth-order valence-corrected chi connectivity index (χ4v) is 4.81. The van der Waals surface area contributed by atoms with E-state index in [0.717, 1.165) is 13.1 Å². The van der Waals surface area contributed by atoms with Gasteiger partial charge in [-0.2, -0.15) is 37.7 Å². The third-order valence-electron chi connectivity index (χ3n) is 6.03. The third-order valence-corrected chi connectivity index (χ3v) is 6.77. The molecule has 2 aromatic heterocycles. The number of piperidine rings is 1. The highest BCUT2D eigenvalue weighted by Crippen LogP contribution is 2.41. The van der Waals surface area contributed by atoms with Crippen LogP contribution in [-0.4, -0.2) is 75.5 Å². The van der Waals surface area contributed by atoms with E-state index in [0.29, 0.717) is 5.41 Å². The zero-order valence-corrected chi connectivity index (χ0v) is 20.5. The number of halogens is 6. The molecule has 7 nitrogen and oxygen atoms in total. The van der Waals surface area contributed by atoms with Crippen LogP contribution in [0.2, 0.25) is 0 Å². The number of carboxylic acid groups (broad SMARTS) is 2. The molecule has 0 aliphatic carbocycles. The van der Waals surface area contributed by atoms with Gasteiger partial charge in [0.25, 0.3) is 0 Å². The molecule has 4 rings (SSSR count). The lowest BCUT2D eigenvalue weighted by atomic mass is 9.77. The van der Waals surface area contributed by atoms with E-state index in [1.54, 1.807) is 0 Å². The van der Waals surface area contributed by atoms with Crippen LogP contribution < -0.4 is 0 Å². The van der Waals surface area contributed by atoms with Gasteiger partial charge in [-0.3, -0.25) is 14.8 Å². The second-order valence-electron chi connectivity index (χ2n) is 8.84. The highest BCUT2D eigenvalue weighted by molar-refractivity contribution is 7.07. The van der Waals surface area contributed by atoms with Crippen LogP contribution in [0.15, 0.2) is 41.4 Å². The van der Waals surface area contributed by atoms with Crippen molar-refractivity contribution in [3.05, 3.63) is 52.5 Å². The van der Waals surface area contributed by atoms with Gasteiger partial charge in [-0.05, 0) is 78.3 Å². The Hall–Kier alpha value is -2.71. The fourth-order valence-electron chi connectivity index (χ4n) is 4.15. The third kappa shape index (κ3) is 10.7. The average molecular weight is 556 g/mol. The summed E-state index contributed by atoms with van der Waals surface area (Å²) in [4.78, 5) is 27.3. The molecule has 0 unspecified atom stereocenters. The second-order valence-corrected chi connectivity index (χ2v) is 9.62. The maximum atomic E-state index is 10.6. The van der Waals surface area contributed by atoms with E-state index >= 15 is 0 Å². The van der Waals surface area contributed by atoms with Crippen LogP contribution in [0.5, 0.6) is 0 Å². The fraction of sp³-hybridized carbons (Fsp3) is 0.522. The number of carbonyl (C=O) groups is 2. The molecule has 2 aliphatic rings. The summed E-state index contributed by atoms with van der Waals surface area (Å²) in [5, 5.41) is 18.7. The first-order valence-electron chi connectivity index (χ1n) is 11.2. The van der Waals surface area contributed by atoms with Gasteiger partial charge in [-0.1, -0.05) is 6.07 Å². The lowest BCUT2D eigenvalue weighted by Gasteiger charge is -2.39. The minimum atomic E-state index is -5.08. The predicted molar refractivity (Wildman–Crippen MR) is 123 cm³/mol. The summed E-state index contributed by atoms with van der Waals surface area (Å²) >= 11 is 1.81. The van der Waals surface area contributed by atoms with E-state index in [1.807, 2.05) is 29.8 Å². The maximum Gasteiger partial charge on any atom is 0.490 e. The number of thiophene rings is 1. The van der Waals surface area contributed by atoms with Crippen LogP contribution in [0.1, 0.15) is 30.4 Å². The first kappa shape index (κ1) is 30.5. The lowest BCUT2D eigenvalue weighted by Crippen LogP contribution is -2.41. The number of pyridine rings is 1. The monoisotopic (exact) mass is 555 g/mol. The molecule has 0 atom stereocenters. The predicted octanol–water partition coefficient (Wildman–Crippen LogP) is 4.90. The second kappa shape index (κ2) is 13.2. The summed E-state index contributed by atoms with van der Waals surface area (Å²) in [5.41, 5.74) is 3.41. The first-order chi connectivity index (χ1) is 17.2. The van der Waals surface area contributed by atoms with Crippen molar-refractivity contribution in [1.29, 1.82) is 0 Å². The zero-order valence-electron chi connectivity index (χ0n) is 19.6. The largest absolute Gasteiger partial charge is 0.490 e. The molecule has 0 radical (unpaired) electrons. The summed E-state index contributed by atoms with van der Waals surface area (Å²) in [5.74, 6) is -5.51. The summed E-state index contributed by atoms with van der Waals surface area (Å²) in [6, 6.07) is 6.51. The molecule has 2 aliphatic heterocycles. The minimum Gasteiger partial charge on any atom is -0.475 e. The summed E-state index contributed by atoms with van der Waals surface area (Å²) < 4.78 is 63.5. The Kier molecular flexibility index (Phi) is 10.9. The molecule has 2 saturated heterocycles. The van der Waals surface area contributed by atoms with Gasteiger partial charge in [-0.15, -0.1) is 0 Å². The molecule has 0 amide bonds. The van der Waals surface area contributed by atoms with Crippen molar-refractivity contribution < 1.29 is 46.1 Å². The number of hydrogen-bond donors (Lipinski definition) is 2. The number of aromatic nitrogens is 1. The highest BCUT2D eigenvalue weighted by Gasteiger charge is 2.40. The molecule has 0 aromatic carbocycles. The Labute approximate surface area is 213 Å². The molecular weight excluding hydrogens is 528 g/mol. The Morgan fingerprint density at radius 1 is 0.892 bits per heavy atom. The van der Waals surface area contributed by atoms with Crippen molar-refractivity contribution in [3.8, 4) is 0 Å². The topological polar surface area (TPSA) is 94.0 Å². The first-order valence-corrected chi connectivity index (χ1v) is 12.1. The SMILES string of the molecule is O=C(O)C(F)(F)F.O=C(O)C(F)(F)F.c1cncc(CN2CCC3(CCN(Cc4ccsc4)CC3)C2)c1. The molecule has 2 aromatic rings. The Morgan fingerprint density at radius 3 is 1.84 bits per heavy atom. The highest BCUT2D eigenvalue weighted by atomic mass is 32.1. The quantitative estimate of drug-likeness (QED) is 0.519. The Balaban J connectivity index is 0.000000286.